The van der Waals surface area contributed by atoms with Crippen LogP contribution in [0.15, 0.2) is 18.2 Å². The van der Waals surface area contributed by atoms with Crippen LogP contribution in [0.25, 0.3) is 11.0 Å². The smallest absolute Gasteiger partial charge is 0.108 e. The lowest BCUT2D eigenvalue weighted by atomic mass is 10.3. The Hall–Kier alpha value is -1.55. The summed E-state index contributed by atoms with van der Waals surface area (Å²) in [6, 6.07) is 5.81. The van der Waals surface area contributed by atoms with E-state index in [1.165, 1.54) is 13.0 Å². The number of fused-ring (bicyclic) bond motifs is 1. The minimum absolute atomic E-state index is 0.780. The Kier molecular flexibility index (Phi) is 3.19. The summed E-state index contributed by atoms with van der Waals surface area (Å²) >= 11 is 0. The van der Waals surface area contributed by atoms with E-state index in [0.29, 0.717) is 0 Å². The first-order chi connectivity index (χ1) is 9.11. The molecule has 1 aromatic carbocycles. The van der Waals surface area contributed by atoms with E-state index in [0.717, 1.165) is 47.3 Å². The number of nitrogens with zero attached hydrogens (tertiary/aromatic N) is 2. The maximum Gasteiger partial charge on any atom is 0.108 e. The molecule has 0 bridgehead atoms. The molecule has 19 heavy (non-hydrogen) atoms. The normalized spacial score (nSPS) is 22.3. The third-order valence-corrected chi connectivity index (χ3v) is 4.11. The molecule has 1 fully saturated rings. The van der Waals surface area contributed by atoms with Gasteiger partial charge in [0.25, 0.3) is 0 Å². The van der Waals surface area contributed by atoms with Gasteiger partial charge in [-0.1, -0.05) is 6.92 Å². The maximum atomic E-state index is 5.77. The molecule has 2 unspecified atom stereocenters. The fourth-order valence-electron chi connectivity index (χ4n) is 2.64. The second kappa shape index (κ2) is 4.85. The Morgan fingerprint density at radius 1 is 1.47 bits per heavy atom. The van der Waals surface area contributed by atoms with Gasteiger partial charge in [0.1, 0.15) is 5.82 Å². The molecule has 2 atom stereocenters. The van der Waals surface area contributed by atoms with E-state index in [-0.39, 0.29) is 0 Å². The van der Waals surface area contributed by atoms with Crippen LogP contribution in [0.3, 0.4) is 0 Å². The number of hydrogen-bond acceptors (Lipinski definition) is 3. The number of imidazole rings is 1. The summed E-state index contributed by atoms with van der Waals surface area (Å²) in [6.07, 6.45) is 2.36. The number of H-pyrrole nitrogens is 1. The van der Waals surface area contributed by atoms with Gasteiger partial charge in [-0.2, -0.15) is 0 Å². The van der Waals surface area contributed by atoms with E-state index in [9.17, 15) is 0 Å². The van der Waals surface area contributed by atoms with Gasteiger partial charge in [-0.15, -0.1) is 0 Å². The zero-order valence-electron chi connectivity index (χ0n) is 11.7. The molecule has 1 saturated carbocycles. The molecule has 0 amide bonds. The summed E-state index contributed by atoms with van der Waals surface area (Å²) in [7, 11) is 2.20. The number of anilines is 1. The highest BCUT2D eigenvalue weighted by molar-refractivity contribution is 5.78. The maximum absolute atomic E-state index is 5.77. The number of nitrogens with one attached hydrogen (secondary N) is 1. The van der Waals surface area contributed by atoms with Crippen LogP contribution in [-0.2, 0) is 6.42 Å². The third kappa shape index (κ3) is 2.89. The Morgan fingerprint density at radius 2 is 2.26 bits per heavy atom. The number of aromatic amines is 1. The molecular formula is C15H22N4. The SMILES string of the molecule is CC1CC1CN(C)CCc1nc2ccc(N)cc2[nH]1. The Bertz CT molecular complexity index is 575. The lowest BCUT2D eigenvalue weighted by Crippen LogP contribution is -2.24. The zero-order chi connectivity index (χ0) is 13.4. The molecule has 1 aliphatic rings. The van der Waals surface area contributed by atoms with Crippen molar-refractivity contribution in [3.05, 3.63) is 24.0 Å². The van der Waals surface area contributed by atoms with Crippen molar-refractivity contribution in [3.63, 3.8) is 0 Å². The molecule has 1 aromatic heterocycles. The van der Waals surface area contributed by atoms with Gasteiger partial charge in [-0.3, -0.25) is 0 Å². The topological polar surface area (TPSA) is 57.9 Å². The lowest BCUT2D eigenvalue weighted by Gasteiger charge is -2.15. The fraction of sp³-hybridized carbons (Fsp3) is 0.533. The molecule has 3 rings (SSSR count). The van der Waals surface area contributed by atoms with Crippen LogP contribution in [0.2, 0.25) is 0 Å². The van der Waals surface area contributed by atoms with Gasteiger partial charge >= 0.3 is 0 Å². The summed E-state index contributed by atoms with van der Waals surface area (Å²) in [5, 5.41) is 0. The van der Waals surface area contributed by atoms with Gasteiger partial charge in [0.05, 0.1) is 11.0 Å². The predicted octanol–water partition coefficient (Wildman–Crippen LogP) is 2.28. The average Bonchev–Trinajstić information content (AvgIpc) is 2.90. The second-order valence-electron chi connectivity index (χ2n) is 5.95. The van der Waals surface area contributed by atoms with Crippen LogP contribution in [0, 0.1) is 11.8 Å². The number of aromatic nitrogens is 2. The van der Waals surface area contributed by atoms with Crippen molar-refractivity contribution < 1.29 is 0 Å². The second-order valence-corrected chi connectivity index (χ2v) is 5.95. The van der Waals surface area contributed by atoms with E-state index in [2.05, 4.69) is 28.8 Å². The van der Waals surface area contributed by atoms with Crippen LogP contribution in [0.4, 0.5) is 5.69 Å². The summed E-state index contributed by atoms with van der Waals surface area (Å²) in [5.41, 5.74) is 8.59. The van der Waals surface area contributed by atoms with Crippen LogP contribution >= 0.6 is 0 Å². The molecule has 4 nitrogen and oxygen atoms in total. The standard InChI is InChI=1S/C15H22N4/c1-10-7-11(10)9-19(2)6-5-15-17-13-4-3-12(16)8-14(13)18-15/h3-4,8,10-11H,5-7,9,16H2,1-2H3,(H,17,18). The highest BCUT2D eigenvalue weighted by Gasteiger charge is 2.32. The number of rotatable bonds is 5. The number of benzene rings is 1. The van der Waals surface area contributed by atoms with Crippen molar-refractivity contribution in [3.8, 4) is 0 Å². The first kappa shape index (κ1) is 12.5. The molecule has 3 N–H and O–H groups in total. The molecular weight excluding hydrogens is 236 g/mol. The summed E-state index contributed by atoms with van der Waals surface area (Å²) < 4.78 is 0. The van der Waals surface area contributed by atoms with Crippen LogP contribution in [0.1, 0.15) is 19.2 Å². The number of nitrogen functional groups attached to an aromatic ring is 1. The Balaban J connectivity index is 1.58. The molecule has 4 heteroatoms. The third-order valence-electron chi connectivity index (χ3n) is 4.11. The van der Waals surface area contributed by atoms with Crippen molar-refractivity contribution in [2.75, 3.05) is 25.9 Å². The fourth-order valence-corrected chi connectivity index (χ4v) is 2.64. The van der Waals surface area contributed by atoms with E-state index in [4.69, 9.17) is 5.73 Å². The number of likely N-dealkylation sites (N-methyl/N-ethyl adjacent to an activating group) is 1. The highest BCUT2D eigenvalue weighted by Crippen LogP contribution is 2.37. The van der Waals surface area contributed by atoms with Gasteiger partial charge in [0.2, 0.25) is 0 Å². The van der Waals surface area contributed by atoms with E-state index < -0.39 is 0 Å². The van der Waals surface area contributed by atoms with Crippen LogP contribution in [-0.4, -0.2) is 35.0 Å². The van der Waals surface area contributed by atoms with Crippen LogP contribution < -0.4 is 5.73 Å². The summed E-state index contributed by atoms with van der Waals surface area (Å²) in [4.78, 5) is 10.4. The number of hydrogen-bond donors (Lipinski definition) is 2. The van der Waals surface area contributed by atoms with Crippen LogP contribution in [0.5, 0.6) is 0 Å². The van der Waals surface area contributed by atoms with Crippen molar-refractivity contribution in [2.24, 2.45) is 11.8 Å². The van der Waals surface area contributed by atoms with Crippen molar-refractivity contribution >= 4 is 16.7 Å². The monoisotopic (exact) mass is 258 g/mol. The van der Waals surface area contributed by atoms with Crippen molar-refractivity contribution in [1.82, 2.24) is 14.9 Å². The van der Waals surface area contributed by atoms with E-state index >= 15 is 0 Å². The zero-order valence-corrected chi connectivity index (χ0v) is 11.7. The largest absolute Gasteiger partial charge is 0.399 e. The summed E-state index contributed by atoms with van der Waals surface area (Å²) in [5.74, 6) is 2.90. The molecule has 0 aliphatic heterocycles. The summed E-state index contributed by atoms with van der Waals surface area (Å²) in [6.45, 7) is 4.61. The first-order valence-corrected chi connectivity index (χ1v) is 7.04. The Morgan fingerprint density at radius 3 is 3.00 bits per heavy atom. The van der Waals surface area contributed by atoms with Crippen molar-refractivity contribution in [2.45, 2.75) is 19.8 Å². The molecule has 0 saturated heterocycles. The van der Waals surface area contributed by atoms with Gasteiger partial charge in [0, 0.05) is 25.2 Å². The van der Waals surface area contributed by atoms with Gasteiger partial charge in [0.15, 0.2) is 0 Å². The predicted molar refractivity (Wildman–Crippen MR) is 79.0 cm³/mol. The molecule has 2 aromatic rings. The molecule has 1 heterocycles. The van der Waals surface area contributed by atoms with Crippen molar-refractivity contribution in [1.29, 1.82) is 0 Å². The first-order valence-electron chi connectivity index (χ1n) is 7.04. The lowest BCUT2D eigenvalue weighted by molar-refractivity contribution is 0.317. The minimum Gasteiger partial charge on any atom is -0.399 e. The van der Waals surface area contributed by atoms with Gasteiger partial charge in [-0.25, -0.2) is 4.98 Å². The number of nitrogens with two attached hydrogens (primary N) is 1. The molecule has 1 aliphatic carbocycles. The molecule has 0 radical (unpaired) electrons. The van der Waals surface area contributed by atoms with E-state index in [1.807, 2.05) is 18.2 Å². The minimum atomic E-state index is 0.780. The average molecular weight is 258 g/mol. The van der Waals surface area contributed by atoms with E-state index in [1.54, 1.807) is 0 Å². The Labute approximate surface area is 114 Å². The van der Waals surface area contributed by atoms with Gasteiger partial charge in [-0.05, 0) is 43.5 Å². The quantitative estimate of drug-likeness (QED) is 0.809. The molecule has 102 valence electrons. The highest BCUT2D eigenvalue weighted by atomic mass is 15.1. The molecule has 0 spiro atoms. The van der Waals surface area contributed by atoms with Gasteiger partial charge < -0.3 is 15.6 Å².